The third kappa shape index (κ3) is 5.23. The van der Waals surface area contributed by atoms with Gasteiger partial charge in [0.15, 0.2) is 0 Å². The minimum Gasteiger partial charge on any atom is -0.337 e. The van der Waals surface area contributed by atoms with E-state index < -0.39 is 0 Å². The minimum atomic E-state index is -0.239. The summed E-state index contributed by atoms with van der Waals surface area (Å²) in [5, 5.41) is 0.701. The maximum Gasteiger partial charge on any atom is 0.231 e. The summed E-state index contributed by atoms with van der Waals surface area (Å²) in [5.74, 6) is 0.865. The second kappa shape index (κ2) is 10.6. The molecule has 3 atom stereocenters. The number of imidazole rings is 1. The lowest BCUT2D eigenvalue weighted by molar-refractivity contribution is -0.120. The van der Waals surface area contributed by atoms with Gasteiger partial charge in [0.1, 0.15) is 11.6 Å². The molecule has 0 saturated heterocycles. The van der Waals surface area contributed by atoms with Crippen molar-refractivity contribution in [1.29, 1.82) is 0 Å². The lowest BCUT2D eigenvalue weighted by atomic mass is 10.1. The van der Waals surface area contributed by atoms with Gasteiger partial charge in [0, 0.05) is 47.0 Å². The van der Waals surface area contributed by atoms with Crippen molar-refractivity contribution in [2.75, 3.05) is 4.90 Å². The van der Waals surface area contributed by atoms with Gasteiger partial charge in [0.05, 0.1) is 6.54 Å². The molecule has 0 spiro atoms. The van der Waals surface area contributed by atoms with E-state index >= 15 is 0 Å². The quantitative estimate of drug-likeness (QED) is 0.246. The summed E-state index contributed by atoms with van der Waals surface area (Å²) in [6.45, 7) is 0.410. The molecule has 4 aromatic rings. The van der Waals surface area contributed by atoms with Gasteiger partial charge in [-0.2, -0.15) is 0 Å². The molecule has 0 radical (unpaired) electrons. The number of anilines is 1. The lowest BCUT2D eigenvalue weighted by Crippen LogP contribution is -2.33. The molecule has 0 aliphatic heterocycles. The molecule has 6 rings (SSSR count). The summed E-state index contributed by atoms with van der Waals surface area (Å²) in [5.41, 5.74) is 4.54. The van der Waals surface area contributed by atoms with Crippen LogP contribution in [0.1, 0.15) is 47.3 Å². The van der Waals surface area contributed by atoms with Gasteiger partial charge in [-0.25, -0.2) is 9.37 Å². The first kappa shape index (κ1) is 25.2. The zero-order valence-corrected chi connectivity index (χ0v) is 22.6. The zero-order valence-electron chi connectivity index (χ0n) is 21.0. The molecule has 1 amide bonds. The van der Waals surface area contributed by atoms with E-state index in [1.54, 1.807) is 18.3 Å². The third-order valence-electron chi connectivity index (χ3n) is 7.54. The van der Waals surface area contributed by atoms with Crippen LogP contribution in [0.3, 0.4) is 0 Å². The van der Waals surface area contributed by atoms with Crippen molar-refractivity contribution in [3.05, 3.63) is 112 Å². The van der Waals surface area contributed by atoms with E-state index in [1.165, 1.54) is 35.2 Å². The molecule has 5 nitrogen and oxygen atoms in total. The van der Waals surface area contributed by atoms with Crippen molar-refractivity contribution in [2.45, 2.75) is 42.7 Å². The summed E-state index contributed by atoms with van der Waals surface area (Å²) >= 11 is 7.59. The highest BCUT2D eigenvalue weighted by atomic mass is 35.5. The first-order valence-electron chi connectivity index (χ1n) is 12.8. The van der Waals surface area contributed by atoms with Crippen molar-refractivity contribution in [3.8, 4) is 0 Å². The molecule has 38 heavy (non-hydrogen) atoms. The highest BCUT2D eigenvalue weighted by Gasteiger charge is 2.46. The Kier molecular flexibility index (Phi) is 6.99. The Morgan fingerprint density at radius 3 is 2.68 bits per heavy atom. The number of aryl methyl sites for hydroxylation is 2. The molecular weight excluding hydrogens is 519 g/mol. The summed E-state index contributed by atoms with van der Waals surface area (Å²) in [4.78, 5) is 21.3. The average Bonchev–Trinajstić information content (AvgIpc) is 3.47. The van der Waals surface area contributed by atoms with Crippen molar-refractivity contribution >= 4 is 35.1 Å². The van der Waals surface area contributed by atoms with Gasteiger partial charge in [0.25, 0.3) is 0 Å². The molecule has 1 aromatic heterocycles. The summed E-state index contributed by atoms with van der Waals surface area (Å²) in [6, 6.07) is 20.8. The van der Waals surface area contributed by atoms with E-state index in [1.807, 2.05) is 47.0 Å². The largest absolute Gasteiger partial charge is 0.337 e. The fourth-order valence-corrected chi connectivity index (χ4v) is 6.18. The highest BCUT2D eigenvalue weighted by Crippen LogP contribution is 2.49. The van der Waals surface area contributed by atoms with Crippen LogP contribution in [0.25, 0.3) is 0 Å². The Morgan fingerprint density at radius 1 is 1.16 bits per heavy atom. The molecule has 2 aliphatic carbocycles. The van der Waals surface area contributed by atoms with Crippen LogP contribution in [-0.2, 0) is 24.8 Å². The van der Waals surface area contributed by atoms with Gasteiger partial charge >= 0.3 is 0 Å². The molecule has 1 fully saturated rings. The second-order valence-electron chi connectivity index (χ2n) is 10.0. The molecule has 1 N–H and O–H groups in total. The first-order valence-corrected chi connectivity index (χ1v) is 14.0. The smallest absolute Gasteiger partial charge is 0.231 e. The van der Waals surface area contributed by atoms with Crippen molar-refractivity contribution in [2.24, 2.45) is 13.0 Å². The average molecular weight is 547 g/mol. The Labute approximate surface area is 231 Å². The number of carbonyl (C=O) groups is 1. The number of nitrogens with one attached hydrogen (secondary N) is 1. The normalized spacial score (nSPS) is 19.8. The molecule has 194 valence electrons. The van der Waals surface area contributed by atoms with E-state index in [2.05, 4.69) is 27.9 Å². The van der Waals surface area contributed by atoms with Gasteiger partial charge in [0.2, 0.25) is 5.91 Å². The molecule has 1 saturated carbocycles. The number of nitrogens with zero attached hydrogens (tertiary/aromatic N) is 3. The number of aromatic nitrogens is 2. The molecule has 3 aromatic carbocycles. The number of halogens is 2. The Bertz CT molecular complexity index is 1460. The highest BCUT2D eigenvalue weighted by molar-refractivity contribution is 7.97. The maximum atomic E-state index is 13.9. The molecule has 8 heteroatoms. The topological polar surface area (TPSA) is 50.2 Å². The third-order valence-corrected chi connectivity index (χ3v) is 8.71. The van der Waals surface area contributed by atoms with E-state index in [0.717, 1.165) is 41.2 Å². The van der Waals surface area contributed by atoms with Crippen LogP contribution in [0, 0.1) is 11.7 Å². The van der Waals surface area contributed by atoms with Gasteiger partial charge in [-0.05, 0) is 102 Å². The van der Waals surface area contributed by atoms with Crippen LogP contribution in [0.2, 0.25) is 5.02 Å². The monoisotopic (exact) mass is 546 g/mol. The number of rotatable bonds is 8. The predicted molar refractivity (Wildman–Crippen MR) is 150 cm³/mol. The van der Waals surface area contributed by atoms with Crippen LogP contribution < -0.4 is 9.62 Å². The van der Waals surface area contributed by atoms with Crippen molar-refractivity contribution in [3.63, 3.8) is 0 Å². The molecular formula is C30H28ClFN4OS. The minimum absolute atomic E-state index is 0.0624. The van der Waals surface area contributed by atoms with Crippen LogP contribution in [0.4, 0.5) is 10.1 Å². The van der Waals surface area contributed by atoms with Crippen molar-refractivity contribution < 1.29 is 9.18 Å². The summed E-state index contributed by atoms with van der Waals surface area (Å²) < 4.78 is 18.8. The molecule has 2 aliphatic rings. The SMILES string of the molecule is Cn1ccnc1CN(C(=O)C1CC1c1ccc(Cl)cc1)c1ccc2c(c1)C(NSc1ccc(F)cc1)CC2. The number of hydrogen-bond acceptors (Lipinski definition) is 4. The molecule has 3 unspecified atom stereocenters. The van der Waals surface area contributed by atoms with E-state index in [-0.39, 0.29) is 29.6 Å². The first-order chi connectivity index (χ1) is 18.5. The number of carbonyl (C=O) groups excluding carboxylic acids is 1. The van der Waals surface area contributed by atoms with Crippen LogP contribution in [0.5, 0.6) is 0 Å². The van der Waals surface area contributed by atoms with Crippen LogP contribution in [-0.4, -0.2) is 15.5 Å². The van der Waals surface area contributed by atoms with Crippen molar-refractivity contribution in [1.82, 2.24) is 14.3 Å². The molecule has 0 bridgehead atoms. The number of benzene rings is 3. The fourth-order valence-electron chi connectivity index (χ4n) is 5.26. The van der Waals surface area contributed by atoms with Gasteiger partial charge in [-0.1, -0.05) is 29.8 Å². The van der Waals surface area contributed by atoms with E-state index in [4.69, 9.17) is 11.6 Å². The lowest BCUT2D eigenvalue weighted by Gasteiger charge is -2.24. The second-order valence-corrected chi connectivity index (χ2v) is 11.4. The summed E-state index contributed by atoms with van der Waals surface area (Å²) in [7, 11) is 1.95. The maximum absolute atomic E-state index is 13.9. The van der Waals surface area contributed by atoms with Gasteiger partial charge in [-0.15, -0.1) is 0 Å². The van der Waals surface area contributed by atoms with Crippen LogP contribution >= 0.6 is 23.5 Å². The van der Waals surface area contributed by atoms with Gasteiger partial charge in [-0.3, -0.25) is 9.52 Å². The standard InChI is InChI=1S/C30H28ClFN4OS/c1-35-15-14-33-29(35)18-36(30(37)27-17-25(27)19-2-6-21(31)7-3-19)23-10-4-20-5-13-28(26(20)16-23)34-38-24-11-8-22(32)9-12-24/h2-4,6-12,14-16,25,27-28,34H,5,13,17-18H2,1H3. The Balaban J connectivity index is 1.25. The zero-order chi connectivity index (χ0) is 26.2. The Morgan fingerprint density at radius 2 is 1.95 bits per heavy atom. The van der Waals surface area contributed by atoms with E-state index in [9.17, 15) is 9.18 Å². The Hall–Kier alpha value is -3.13. The van der Waals surface area contributed by atoms with E-state index in [0.29, 0.717) is 11.6 Å². The van der Waals surface area contributed by atoms with Gasteiger partial charge < -0.3 is 9.47 Å². The predicted octanol–water partition coefficient (Wildman–Crippen LogP) is 6.83. The molecule has 1 heterocycles. The number of fused-ring (bicyclic) bond motifs is 1. The number of hydrogen-bond donors (Lipinski definition) is 1. The summed E-state index contributed by atoms with van der Waals surface area (Å²) in [6.07, 6.45) is 6.45. The fraction of sp³-hybridized carbons (Fsp3) is 0.267. The number of amides is 1. The van der Waals surface area contributed by atoms with Crippen LogP contribution in [0.15, 0.2) is 84.0 Å².